The smallest absolute Gasteiger partial charge is 0.252 e. The van der Waals surface area contributed by atoms with Crippen LogP contribution in [0, 0.1) is 5.92 Å². The first kappa shape index (κ1) is 13.6. The number of benzene rings is 1. The van der Waals surface area contributed by atoms with Gasteiger partial charge in [-0.2, -0.15) is 0 Å². The summed E-state index contributed by atoms with van der Waals surface area (Å²) < 4.78 is 0. The highest BCUT2D eigenvalue weighted by Crippen LogP contribution is 2.29. The van der Waals surface area contributed by atoms with E-state index in [0.717, 1.165) is 28.5 Å². The third kappa shape index (κ3) is 3.61. The van der Waals surface area contributed by atoms with E-state index in [0.29, 0.717) is 5.92 Å². The first-order chi connectivity index (χ1) is 9.83. The molecule has 20 heavy (non-hydrogen) atoms. The Morgan fingerprint density at radius 2 is 2.25 bits per heavy atom. The Bertz CT molecular complexity index is 579. The Labute approximate surface area is 126 Å². The van der Waals surface area contributed by atoms with Gasteiger partial charge in [0.1, 0.15) is 0 Å². The van der Waals surface area contributed by atoms with Crippen molar-refractivity contribution in [1.29, 1.82) is 0 Å². The van der Waals surface area contributed by atoms with Crippen molar-refractivity contribution in [3.05, 3.63) is 46.4 Å². The molecule has 1 amide bonds. The molecule has 2 aromatic rings. The van der Waals surface area contributed by atoms with Crippen molar-refractivity contribution in [2.75, 3.05) is 6.54 Å². The standard InChI is InChI=1S/C15H16N2OS2/c18-15(16-7-11-5-6-11)13-3-1-2-4-14(13)20-9-12-8-19-10-17-12/h1-4,8,10-11H,5-7,9H2,(H,16,18). The molecule has 1 fully saturated rings. The van der Waals surface area contributed by atoms with Gasteiger partial charge in [-0.15, -0.1) is 23.1 Å². The first-order valence-corrected chi connectivity index (χ1v) is 8.63. The van der Waals surface area contributed by atoms with Crippen LogP contribution in [-0.4, -0.2) is 17.4 Å². The normalized spacial score (nSPS) is 14.2. The van der Waals surface area contributed by atoms with Gasteiger partial charge in [-0.25, -0.2) is 4.98 Å². The third-order valence-corrected chi connectivity index (χ3v) is 4.98. The molecule has 1 aliphatic carbocycles. The van der Waals surface area contributed by atoms with E-state index in [1.165, 1.54) is 12.8 Å². The SMILES string of the molecule is O=C(NCC1CC1)c1ccccc1SCc1cscn1. The number of carbonyl (C=O) groups excluding carboxylic acids is 1. The Morgan fingerprint density at radius 1 is 1.40 bits per heavy atom. The summed E-state index contributed by atoms with van der Waals surface area (Å²) in [6, 6.07) is 7.79. The van der Waals surface area contributed by atoms with E-state index in [9.17, 15) is 4.79 Å². The van der Waals surface area contributed by atoms with Crippen LogP contribution < -0.4 is 5.32 Å². The number of thioether (sulfide) groups is 1. The van der Waals surface area contributed by atoms with E-state index in [1.54, 1.807) is 23.1 Å². The average Bonchev–Trinajstić information content (AvgIpc) is 3.17. The van der Waals surface area contributed by atoms with Gasteiger partial charge < -0.3 is 5.32 Å². The molecule has 0 aliphatic heterocycles. The fourth-order valence-electron chi connectivity index (χ4n) is 1.89. The molecule has 0 bridgehead atoms. The molecule has 104 valence electrons. The van der Waals surface area contributed by atoms with Crippen LogP contribution in [0.1, 0.15) is 28.9 Å². The molecule has 1 aliphatic rings. The summed E-state index contributed by atoms with van der Waals surface area (Å²) in [5, 5.41) is 5.07. The lowest BCUT2D eigenvalue weighted by molar-refractivity contribution is 0.0949. The molecular weight excluding hydrogens is 288 g/mol. The monoisotopic (exact) mass is 304 g/mol. The molecule has 0 saturated heterocycles. The van der Waals surface area contributed by atoms with Gasteiger partial charge in [-0.3, -0.25) is 4.79 Å². The van der Waals surface area contributed by atoms with E-state index in [4.69, 9.17) is 0 Å². The molecule has 1 N–H and O–H groups in total. The van der Waals surface area contributed by atoms with Crippen LogP contribution in [-0.2, 0) is 5.75 Å². The van der Waals surface area contributed by atoms with Gasteiger partial charge in [0.15, 0.2) is 0 Å². The highest BCUT2D eigenvalue weighted by atomic mass is 32.2. The maximum Gasteiger partial charge on any atom is 0.252 e. The maximum absolute atomic E-state index is 12.2. The summed E-state index contributed by atoms with van der Waals surface area (Å²) in [4.78, 5) is 17.5. The highest BCUT2D eigenvalue weighted by molar-refractivity contribution is 7.98. The van der Waals surface area contributed by atoms with E-state index in [1.807, 2.05) is 35.2 Å². The van der Waals surface area contributed by atoms with Gasteiger partial charge in [-0.05, 0) is 30.9 Å². The minimum absolute atomic E-state index is 0.0401. The van der Waals surface area contributed by atoms with Gasteiger partial charge in [-0.1, -0.05) is 12.1 Å². The molecule has 0 radical (unpaired) electrons. The largest absolute Gasteiger partial charge is 0.352 e. The minimum Gasteiger partial charge on any atom is -0.352 e. The lowest BCUT2D eigenvalue weighted by Crippen LogP contribution is -2.25. The summed E-state index contributed by atoms with van der Waals surface area (Å²) in [7, 11) is 0. The molecule has 1 heterocycles. The number of carbonyl (C=O) groups is 1. The van der Waals surface area contributed by atoms with Crippen LogP contribution in [0.3, 0.4) is 0 Å². The van der Waals surface area contributed by atoms with Crippen LogP contribution >= 0.6 is 23.1 Å². The first-order valence-electron chi connectivity index (χ1n) is 6.70. The van der Waals surface area contributed by atoms with Crippen LogP contribution in [0.25, 0.3) is 0 Å². The van der Waals surface area contributed by atoms with Crippen molar-refractivity contribution in [1.82, 2.24) is 10.3 Å². The number of rotatable bonds is 6. The summed E-state index contributed by atoms with van der Waals surface area (Å²) in [6.45, 7) is 0.809. The van der Waals surface area contributed by atoms with E-state index in [-0.39, 0.29) is 5.91 Å². The van der Waals surface area contributed by atoms with Crippen molar-refractivity contribution in [3.63, 3.8) is 0 Å². The summed E-state index contributed by atoms with van der Waals surface area (Å²) in [6.07, 6.45) is 2.50. The number of nitrogens with zero attached hydrogens (tertiary/aromatic N) is 1. The minimum atomic E-state index is 0.0401. The lowest BCUT2D eigenvalue weighted by Gasteiger charge is -2.09. The van der Waals surface area contributed by atoms with E-state index >= 15 is 0 Å². The molecule has 0 spiro atoms. The van der Waals surface area contributed by atoms with Gasteiger partial charge in [0, 0.05) is 22.6 Å². The van der Waals surface area contributed by atoms with Crippen LogP contribution in [0.2, 0.25) is 0 Å². The van der Waals surface area contributed by atoms with Gasteiger partial charge in [0.25, 0.3) is 5.91 Å². The Balaban J connectivity index is 1.65. The molecule has 1 aromatic heterocycles. The molecule has 3 rings (SSSR count). The molecule has 1 saturated carbocycles. The van der Waals surface area contributed by atoms with Crippen LogP contribution in [0.5, 0.6) is 0 Å². The maximum atomic E-state index is 12.2. The number of amides is 1. The fourth-order valence-corrected chi connectivity index (χ4v) is 3.51. The van der Waals surface area contributed by atoms with Crippen LogP contribution in [0.4, 0.5) is 0 Å². The molecule has 1 aromatic carbocycles. The lowest BCUT2D eigenvalue weighted by atomic mass is 10.2. The van der Waals surface area contributed by atoms with E-state index < -0.39 is 0 Å². The Hall–Kier alpha value is -1.33. The Kier molecular flexibility index (Phi) is 4.38. The average molecular weight is 304 g/mol. The van der Waals surface area contributed by atoms with Crippen molar-refractivity contribution < 1.29 is 4.79 Å². The molecule has 3 nitrogen and oxygen atoms in total. The zero-order valence-corrected chi connectivity index (χ0v) is 12.7. The quantitative estimate of drug-likeness (QED) is 0.830. The van der Waals surface area contributed by atoms with Crippen LogP contribution in [0.15, 0.2) is 40.1 Å². The number of hydrogen-bond acceptors (Lipinski definition) is 4. The van der Waals surface area contributed by atoms with Gasteiger partial charge >= 0.3 is 0 Å². The van der Waals surface area contributed by atoms with Crippen molar-refractivity contribution >= 4 is 29.0 Å². The molecule has 5 heteroatoms. The zero-order valence-electron chi connectivity index (χ0n) is 11.0. The summed E-state index contributed by atoms with van der Waals surface area (Å²) >= 11 is 3.27. The van der Waals surface area contributed by atoms with Crippen molar-refractivity contribution in [2.24, 2.45) is 5.92 Å². The topological polar surface area (TPSA) is 42.0 Å². The van der Waals surface area contributed by atoms with E-state index in [2.05, 4.69) is 10.3 Å². The van der Waals surface area contributed by atoms with Crippen molar-refractivity contribution in [3.8, 4) is 0 Å². The predicted molar refractivity (Wildman–Crippen MR) is 83.2 cm³/mol. The number of thiazole rings is 1. The Morgan fingerprint density at radius 3 is 3.00 bits per heavy atom. The fraction of sp³-hybridized carbons (Fsp3) is 0.333. The molecule has 0 atom stereocenters. The second kappa shape index (κ2) is 6.41. The third-order valence-electron chi connectivity index (χ3n) is 3.24. The van der Waals surface area contributed by atoms with Crippen molar-refractivity contribution in [2.45, 2.75) is 23.5 Å². The highest BCUT2D eigenvalue weighted by Gasteiger charge is 2.22. The zero-order chi connectivity index (χ0) is 13.8. The molecular formula is C15H16N2OS2. The van der Waals surface area contributed by atoms with Gasteiger partial charge in [0.2, 0.25) is 0 Å². The molecule has 0 unspecified atom stereocenters. The van der Waals surface area contributed by atoms with Gasteiger partial charge in [0.05, 0.1) is 16.8 Å². The second-order valence-corrected chi connectivity index (χ2v) is 6.65. The number of nitrogens with one attached hydrogen (secondary N) is 1. The number of hydrogen-bond donors (Lipinski definition) is 1. The summed E-state index contributed by atoms with van der Waals surface area (Å²) in [5.41, 5.74) is 3.67. The second-order valence-electron chi connectivity index (χ2n) is 4.92. The number of aromatic nitrogens is 1. The summed E-state index contributed by atoms with van der Waals surface area (Å²) in [5.74, 6) is 1.54. The predicted octanol–water partition coefficient (Wildman–Crippen LogP) is 3.58.